The molecule has 0 fully saturated rings. The van der Waals surface area contributed by atoms with Crippen LogP contribution in [-0.2, 0) is 14.0 Å². The number of hydrogen-bond donors (Lipinski definition) is 0. The molecular formula is C19H30N4O5Si. The molecular weight excluding hydrogens is 392 g/mol. The molecule has 0 heterocycles. The van der Waals surface area contributed by atoms with Gasteiger partial charge in [-0.3, -0.25) is 14.9 Å². The van der Waals surface area contributed by atoms with Crippen molar-refractivity contribution in [3.05, 3.63) is 50.4 Å². The first-order valence-electron chi connectivity index (χ1n) is 9.28. The van der Waals surface area contributed by atoms with Crippen LogP contribution in [0.1, 0.15) is 53.2 Å². The molecule has 1 aromatic rings. The molecule has 0 amide bonds. The second kappa shape index (κ2) is 8.94. The van der Waals surface area contributed by atoms with Gasteiger partial charge in [0.05, 0.1) is 11.0 Å². The highest BCUT2D eigenvalue weighted by Gasteiger charge is 2.43. The maximum absolute atomic E-state index is 12.8. The third-order valence-corrected chi connectivity index (χ3v) is 9.23. The second-order valence-electron chi connectivity index (χ2n) is 9.33. The summed E-state index contributed by atoms with van der Waals surface area (Å²) in [5.41, 5.74) is 8.71. The molecule has 0 aliphatic carbocycles. The molecule has 0 N–H and O–H groups in total. The van der Waals surface area contributed by atoms with Crippen molar-refractivity contribution in [2.45, 2.75) is 77.4 Å². The number of rotatable bonds is 7. The average Bonchev–Trinajstić information content (AvgIpc) is 2.55. The normalized spacial score (nSPS) is 14.5. The number of azide groups is 1. The van der Waals surface area contributed by atoms with Crippen LogP contribution in [-0.4, -0.2) is 30.9 Å². The third-order valence-electron chi connectivity index (χ3n) is 4.77. The summed E-state index contributed by atoms with van der Waals surface area (Å²) in [5.74, 6) is -0.711. The van der Waals surface area contributed by atoms with E-state index in [9.17, 15) is 14.9 Å². The average molecular weight is 423 g/mol. The van der Waals surface area contributed by atoms with Crippen molar-refractivity contribution in [2.75, 3.05) is 0 Å². The van der Waals surface area contributed by atoms with Gasteiger partial charge >= 0.3 is 5.97 Å². The highest BCUT2D eigenvalue weighted by Crippen LogP contribution is 2.41. The maximum atomic E-state index is 12.8. The number of carbonyl (C=O) groups is 1. The quantitative estimate of drug-likeness (QED) is 0.106. The van der Waals surface area contributed by atoms with Crippen LogP contribution in [0.15, 0.2) is 29.4 Å². The van der Waals surface area contributed by atoms with Gasteiger partial charge in [-0.15, -0.1) is 0 Å². The van der Waals surface area contributed by atoms with Crippen LogP contribution in [0.25, 0.3) is 10.4 Å². The lowest BCUT2D eigenvalue weighted by molar-refractivity contribution is -0.384. The van der Waals surface area contributed by atoms with Gasteiger partial charge in [0, 0.05) is 17.0 Å². The fourth-order valence-corrected chi connectivity index (χ4v) is 3.50. The van der Waals surface area contributed by atoms with E-state index in [4.69, 9.17) is 14.7 Å². The smallest absolute Gasteiger partial charge is 0.318 e. The Balaban J connectivity index is 3.48. The Morgan fingerprint density at radius 1 is 1.17 bits per heavy atom. The monoisotopic (exact) mass is 422 g/mol. The predicted molar refractivity (Wildman–Crippen MR) is 113 cm³/mol. The van der Waals surface area contributed by atoms with Gasteiger partial charge in [0.2, 0.25) is 0 Å². The van der Waals surface area contributed by atoms with E-state index in [2.05, 4.69) is 10.0 Å². The molecule has 0 saturated carbocycles. The van der Waals surface area contributed by atoms with Crippen molar-refractivity contribution in [2.24, 2.45) is 5.11 Å². The van der Waals surface area contributed by atoms with Gasteiger partial charge in [-0.1, -0.05) is 25.9 Å². The van der Waals surface area contributed by atoms with E-state index >= 15 is 0 Å². The molecule has 9 nitrogen and oxygen atoms in total. The van der Waals surface area contributed by atoms with E-state index in [1.54, 1.807) is 20.8 Å². The third kappa shape index (κ3) is 6.84. The van der Waals surface area contributed by atoms with E-state index in [1.165, 1.54) is 24.3 Å². The Labute approximate surface area is 172 Å². The number of nitrogens with zero attached hydrogens (tertiary/aromatic N) is 4. The highest BCUT2D eigenvalue weighted by atomic mass is 28.4. The van der Waals surface area contributed by atoms with Gasteiger partial charge < -0.3 is 9.16 Å². The van der Waals surface area contributed by atoms with Crippen molar-refractivity contribution >= 4 is 20.0 Å². The molecule has 0 unspecified atom stereocenters. The zero-order valence-electron chi connectivity index (χ0n) is 18.3. The summed E-state index contributed by atoms with van der Waals surface area (Å²) in [5, 5.41) is 14.5. The fourth-order valence-electron chi connectivity index (χ4n) is 2.24. The first-order chi connectivity index (χ1) is 13.1. The Bertz CT molecular complexity index is 790. The molecule has 29 heavy (non-hydrogen) atoms. The van der Waals surface area contributed by atoms with Crippen molar-refractivity contribution in [1.82, 2.24) is 0 Å². The van der Waals surface area contributed by atoms with Crippen LogP contribution in [0.4, 0.5) is 5.69 Å². The predicted octanol–water partition coefficient (Wildman–Crippen LogP) is 5.68. The number of benzene rings is 1. The van der Waals surface area contributed by atoms with E-state index in [-0.39, 0.29) is 10.7 Å². The first kappa shape index (κ1) is 24.6. The molecule has 1 aromatic carbocycles. The van der Waals surface area contributed by atoms with Gasteiger partial charge in [0.15, 0.2) is 14.4 Å². The van der Waals surface area contributed by atoms with Crippen molar-refractivity contribution < 1.29 is 18.9 Å². The van der Waals surface area contributed by atoms with Crippen molar-refractivity contribution in [3.8, 4) is 0 Å². The molecule has 0 aromatic heterocycles. The number of ether oxygens (including phenoxy) is 1. The molecule has 0 aliphatic heterocycles. The van der Waals surface area contributed by atoms with Gasteiger partial charge in [-0.05, 0) is 62.1 Å². The van der Waals surface area contributed by atoms with E-state index in [1.807, 2.05) is 33.9 Å². The summed E-state index contributed by atoms with van der Waals surface area (Å²) in [4.78, 5) is 26.1. The topological polar surface area (TPSA) is 127 Å². The molecule has 0 spiro atoms. The van der Waals surface area contributed by atoms with Gasteiger partial charge in [-0.25, -0.2) is 0 Å². The summed E-state index contributed by atoms with van der Waals surface area (Å²) >= 11 is 0. The van der Waals surface area contributed by atoms with Crippen LogP contribution in [0.5, 0.6) is 0 Å². The molecule has 1 rings (SSSR count). The maximum Gasteiger partial charge on any atom is 0.318 e. The Hall–Kier alpha value is -2.42. The first-order valence-corrected chi connectivity index (χ1v) is 12.2. The molecule has 0 aliphatic rings. The van der Waals surface area contributed by atoms with Gasteiger partial charge in [0.25, 0.3) is 5.69 Å². The fraction of sp³-hybridized carbons (Fsp3) is 0.632. The number of carbonyl (C=O) groups excluding carboxylic acids is 1. The van der Waals surface area contributed by atoms with Gasteiger partial charge in [-0.2, -0.15) is 0 Å². The summed E-state index contributed by atoms with van der Waals surface area (Å²) in [6, 6.07) is 4.43. The Morgan fingerprint density at radius 3 is 2.07 bits per heavy atom. The van der Waals surface area contributed by atoms with Crippen LogP contribution in [0.2, 0.25) is 18.1 Å². The van der Waals surface area contributed by atoms with Crippen molar-refractivity contribution in [3.63, 3.8) is 0 Å². The Morgan fingerprint density at radius 2 is 1.69 bits per heavy atom. The van der Waals surface area contributed by atoms with Crippen LogP contribution in [0, 0.1) is 10.1 Å². The summed E-state index contributed by atoms with van der Waals surface area (Å²) < 4.78 is 11.9. The van der Waals surface area contributed by atoms with Gasteiger partial charge in [0.1, 0.15) is 5.60 Å². The molecule has 160 valence electrons. The second-order valence-corrected chi connectivity index (χ2v) is 14.1. The molecule has 10 heteroatoms. The van der Waals surface area contributed by atoms with E-state index < -0.39 is 37.0 Å². The minimum absolute atomic E-state index is 0.0857. The van der Waals surface area contributed by atoms with Crippen molar-refractivity contribution in [1.29, 1.82) is 0 Å². The number of esters is 1. The van der Waals surface area contributed by atoms with E-state index in [0.717, 1.165) is 0 Å². The highest BCUT2D eigenvalue weighted by molar-refractivity contribution is 6.74. The largest absolute Gasteiger partial charge is 0.460 e. The summed E-state index contributed by atoms with van der Waals surface area (Å²) in [6.07, 6.45) is -0.928. The standard InChI is InChI=1S/C19H30N4O5Si/c1-18(2,3)27-17(24)15(21-22-20)16(28-29(7,8)19(4,5)6)13-9-11-14(12-10-13)23(25)26/h9-12,15-16H,1-8H3/t15-,16+/m0/s1. The number of nitro groups is 1. The lowest BCUT2D eigenvalue weighted by atomic mass is 10.0. The van der Waals surface area contributed by atoms with Crippen LogP contribution >= 0.6 is 0 Å². The zero-order valence-corrected chi connectivity index (χ0v) is 19.3. The summed E-state index contributed by atoms with van der Waals surface area (Å²) in [6.45, 7) is 15.3. The number of non-ortho nitro benzene ring substituents is 1. The number of nitro benzene ring substituents is 1. The number of hydrogen-bond acceptors (Lipinski definition) is 6. The molecule has 0 saturated heterocycles. The SMILES string of the molecule is CC(C)(C)OC(=O)[C@@H](N=[N+]=[N-])[C@H](O[Si](C)(C)C(C)(C)C)c1ccc([N+](=O)[O-])cc1. The molecule has 0 radical (unpaired) electrons. The lowest BCUT2D eigenvalue weighted by Gasteiger charge is -2.40. The lowest BCUT2D eigenvalue weighted by Crippen LogP contribution is -2.45. The molecule has 0 bridgehead atoms. The minimum Gasteiger partial charge on any atom is -0.460 e. The Kier molecular flexibility index (Phi) is 7.59. The minimum atomic E-state index is -2.41. The zero-order chi connectivity index (χ0) is 22.6. The van der Waals surface area contributed by atoms with Crippen LogP contribution < -0.4 is 0 Å². The summed E-state index contributed by atoms with van der Waals surface area (Å²) in [7, 11) is -2.41. The van der Waals surface area contributed by atoms with Crippen LogP contribution in [0.3, 0.4) is 0 Å². The molecule has 2 atom stereocenters. The van der Waals surface area contributed by atoms with E-state index in [0.29, 0.717) is 5.56 Å².